The number of carbonyl (C=O) groups excluding carboxylic acids is 3. The monoisotopic (exact) mass is 321 g/mol. The van der Waals surface area contributed by atoms with Gasteiger partial charge in [-0.15, -0.1) is 0 Å². The highest BCUT2D eigenvalue weighted by molar-refractivity contribution is 6.00. The standard InChI is InChI=1S/C14H15N3O6/c1-8-4-3-5-10(17(21)22)11(8)13(19)23-9(2)12(18)16-7-6-15-14(16)20/h3-5,9H,6-7H2,1-2H3,(H,15,20). The highest BCUT2D eigenvalue weighted by Gasteiger charge is 2.33. The van der Waals surface area contributed by atoms with Gasteiger partial charge in [0.15, 0.2) is 6.10 Å². The quantitative estimate of drug-likeness (QED) is 0.502. The molecule has 0 saturated carbocycles. The highest BCUT2D eigenvalue weighted by Crippen LogP contribution is 2.23. The van der Waals surface area contributed by atoms with Crippen molar-refractivity contribution in [2.75, 3.05) is 13.1 Å². The van der Waals surface area contributed by atoms with E-state index in [1.165, 1.54) is 32.0 Å². The van der Waals surface area contributed by atoms with E-state index >= 15 is 0 Å². The second-order valence-electron chi connectivity index (χ2n) is 5.00. The molecule has 3 amide bonds. The molecule has 1 heterocycles. The van der Waals surface area contributed by atoms with Crippen LogP contribution in [-0.4, -0.2) is 46.9 Å². The minimum Gasteiger partial charge on any atom is -0.449 e. The molecule has 0 aliphatic carbocycles. The number of urea groups is 1. The Kier molecular flexibility index (Phi) is 4.58. The first-order valence-electron chi connectivity index (χ1n) is 6.87. The van der Waals surface area contributed by atoms with Gasteiger partial charge in [0, 0.05) is 19.2 Å². The Morgan fingerprint density at radius 3 is 2.70 bits per heavy atom. The molecule has 23 heavy (non-hydrogen) atoms. The molecule has 1 unspecified atom stereocenters. The molecule has 1 atom stereocenters. The molecule has 1 aliphatic rings. The zero-order valence-corrected chi connectivity index (χ0v) is 12.6. The fourth-order valence-corrected chi connectivity index (χ4v) is 2.24. The number of benzene rings is 1. The van der Waals surface area contributed by atoms with Crippen molar-refractivity contribution in [3.05, 3.63) is 39.4 Å². The number of nitrogens with zero attached hydrogens (tertiary/aromatic N) is 2. The van der Waals surface area contributed by atoms with E-state index in [0.29, 0.717) is 12.1 Å². The molecule has 1 aliphatic heterocycles. The maximum absolute atomic E-state index is 12.2. The lowest BCUT2D eigenvalue weighted by molar-refractivity contribution is -0.385. The van der Waals surface area contributed by atoms with Crippen molar-refractivity contribution < 1.29 is 24.0 Å². The van der Waals surface area contributed by atoms with Crippen LogP contribution in [0.2, 0.25) is 0 Å². The van der Waals surface area contributed by atoms with Crippen LogP contribution >= 0.6 is 0 Å². The largest absolute Gasteiger partial charge is 0.449 e. The maximum atomic E-state index is 12.2. The van der Waals surface area contributed by atoms with Gasteiger partial charge in [0.05, 0.1) is 4.92 Å². The van der Waals surface area contributed by atoms with Crippen molar-refractivity contribution in [1.29, 1.82) is 0 Å². The molecule has 122 valence electrons. The van der Waals surface area contributed by atoms with Crippen LogP contribution in [0.1, 0.15) is 22.8 Å². The van der Waals surface area contributed by atoms with Gasteiger partial charge in [0.25, 0.3) is 11.6 Å². The van der Waals surface area contributed by atoms with Crippen LogP contribution in [0.4, 0.5) is 10.5 Å². The van der Waals surface area contributed by atoms with Crippen molar-refractivity contribution >= 4 is 23.6 Å². The number of imide groups is 1. The fourth-order valence-electron chi connectivity index (χ4n) is 2.24. The van der Waals surface area contributed by atoms with Gasteiger partial charge < -0.3 is 10.1 Å². The van der Waals surface area contributed by atoms with Gasteiger partial charge in [-0.3, -0.25) is 19.8 Å². The number of hydrogen-bond acceptors (Lipinski definition) is 6. The average molecular weight is 321 g/mol. The zero-order chi connectivity index (χ0) is 17.1. The van der Waals surface area contributed by atoms with Crippen molar-refractivity contribution in [3.63, 3.8) is 0 Å². The third-order valence-corrected chi connectivity index (χ3v) is 3.41. The Balaban J connectivity index is 2.17. The molecule has 1 saturated heterocycles. The summed E-state index contributed by atoms with van der Waals surface area (Å²) in [6.07, 6.45) is -1.23. The molecule has 2 rings (SSSR count). The van der Waals surface area contributed by atoms with E-state index in [0.717, 1.165) is 4.90 Å². The Labute approximate surface area is 131 Å². The second kappa shape index (κ2) is 6.42. The number of aryl methyl sites for hydroxylation is 1. The summed E-state index contributed by atoms with van der Waals surface area (Å²) in [4.78, 5) is 47.0. The lowest BCUT2D eigenvalue weighted by Gasteiger charge is -2.18. The molecule has 9 heteroatoms. The Morgan fingerprint density at radius 2 is 2.13 bits per heavy atom. The Hall–Kier alpha value is -2.97. The van der Waals surface area contributed by atoms with E-state index in [-0.39, 0.29) is 12.1 Å². The third kappa shape index (κ3) is 3.28. The number of nitro benzene ring substituents is 1. The van der Waals surface area contributed by atoms with Crippen LogP contribution in [0.25, 0.3) is 0 Å². The van der Waals surface area contributed by atoms with Crippen molar-refractivity contribution in [2.24, 2.45) is 0 Å². The van der Waals surface area contributed by atoms with Crippen LogP contribution in [0.15, 0.2) is 18.2 Å². The molecular formula is C14H15N3O6. The summed E-state index contributed by atoms with van der Waals surface area (Å²) in [5.41, 5.74) is -0.237. The number of hydrogen-bond donors (Lipinski definition) is 1. The van der Waals surface area contributed by atoms with Crippen molar-refractivity contribution in [1.82, 2.24) is 10.2 Å². The summed E-state index contributed by atoms with van der Waals surface area (Å²) in [6, 6.07) is 3.61. The van der Waals surface area contributed by atoms with Gasteiger partial charge in [0.1, 0.15) is 5.56 Å². The molecule has 0 bridgehead atoms. The first kappa shape index (κ1) is 16.4. The summed E-state index contributed by atoms with van der Waals surface area (Å²) >= 11 is 0. The van der Waals surface area contributed by atoms with Crippen LogP contribution in [0.5, 0.6) is 0 Å². The summed E-state index contributed by atoms with van der Waals surface area (Å²) in [5.74, 6) is -1.65. The van der Waals surface area contributed by atoms with E-state index in [1.807, 2.05) is 0 Å². The summed E-state index contributed by atoms with van der Waals surface area (Å²) in [7, 11) is 0. The predicted molar refractivity (Wildman–Crippen MR) is 77.8 cm³/mol. The first-order chi connectivity index (χ1) is 10.8. The summed E-state index contributed by atoms with van der Waals surface area (Å²) in [6.45, 7) is 3.36. The number of nitrogens with one attached hydrogen (secondary N) is 1. The van der Waals surface area contributed by atoms with Crippen molar-refractivity contribution in [2.45, 2.75) is 20.0 Å². The number of nitro groups is 1. The van der Waals surface area contributed by atoms with Gasteiger partial charge in [-0.25, -0.2) is 9.59 Å². The summed E-state index contributed by atoms with van der Waals surface area (Å²) < 4.78 is 5.02. The predicted octanol–water partition coefficient (Wildman–Crippen LogP) is 1.00. The van der Waals surface area contributed by atoms with E-state index < -0.39 is 34.6 Å². The topological polar surface area (TPSA) is 119 Å². The SMILES string of the molecule is Cc1cccc([N+](=O)[O-])c1C(=O)OC(C)C(=O)N1CCNC1=O. The van der Waals surface area contributed by atoms with E-state index in [1.54, 1.807) is 0 Å². The molecule has 1 fully saturated rings. The minimum absolute atomic E-state index is 0.185. The lowest BCUT2D eigenvalue weighted by Crippen LogP contribution is -2.41. The van der Waals surface area contributed by atoms with E-state index in [9.17, 15) is 24.5 Å². The minimum atomic E-state index is -1.23. The molecule has 0 aromatic heterocycles. The van der Waals surface area contributed by atoms with Gasteiger partial charge in [-0.05, 0) is 19.4 Å². The van der Waals surface area contributed by atoms with Crippen LogP contribution < -0.4 is 5.32 Å². The second-order valence-corrected chi connectivity index (χ2v) is 5.00. The molecule has 1 aromatic rings. The normalized spacial score (nSPS) is 15.0. The molecule has 9 nitrogen and oxygen atoms in total. The number of rotatable bonds is 4. The van der Waals surface area contributed by atoms with Crippen LogP contribution in [0, 0.1) is 17.0 Å². The van der Waals surface area contributed by atoms with E-state index in [4.69, 9.17) is 4.74 Å². The van der Waals surface area contributed by atoms with Gasteiger partial charge >= 0.3 is 12.0 Å². The number of carbonyl (C=O) groups is 3. The molecular weight excluding hydrogens is 306 g/mol. The number of esters is 1. The molecule has 0 spiro atoms. The number of ether oxygens (including phenoxy) is 1. The smallest absolute Gasteiger partial charge is 0.346 e. The molecule has 1 N–H and O–H groups in total. The van der Waals surface area contributed by atoms with Crippen LogP contribution in [0.3, 0.4) is 0 Å². The Bertz CT molecular complexity index is 687. The first-order valence-corrected chi connectivity index (χ1v) is 6.87. The highest BCUT2D eigenvalue weighted by atomic mass is 16.6. The van der Waals surface area contributed by atoms with E-state index in [2.05, 4.69) is 5.32 Å². The van der Waals surface area contributed by atoms with Gasteiger partial charge in [-0.2, -0.15) is 0 Å². The van der Waals surface area contributed by atoms with Crippen molar-refractivity contribution in [3.8, 4) is 0 Å². The Morgan fingerprint density at radius 1 is 1.43 bits per heavy atom. The zero-order valence-electron chi connectivity index (χ0n) is 12.6. The third-order valence-electron chi connectivity index (χ3n) is 3.41. The van der Waals surface area contributed by atoms with Crippen LogP contribution in [-0.2, 0) is 9.53 Å². The summed E-state index contributed by atoms with van der Waals surface area (Å²) in [5, 5.41) is 13.5. The van der Waals surface area contributed by atoms with Gasteiger partial charge in [-0.1, -0.05) is 12.1 Å². The average Bonchev–Trinajstić information content (AvgIpc) is 2.91. The molecule has 1 aromatic carbocycles. The maximum Gasteiger partial charge on any atom is 0.346 e. The molecule has 0 radical (unpaired) electrons. The lowest BCUT2D eigenvalue weighted by atomic mass is 10.1. The van der Waals surface area contributed by atoms with Gasteiger partial charge in [0.2, 0.25) is 0 Å². The number of amides is 3. The fraction of sp³-hybridized carbons (Fsp3) is 0.357.